The summed E-state index contributed by atoms with van der Waals surface area (Å²) in [5.74, 6) is 0.0720. The van der Waals surface area contributed by atoms with E-state index in [1.54, 1.807) is 0 Å². The van der Waals surface area contributed by atoms with Crippen molar-refractivity contribution < 1.29 is 9.59 Å². The number of carbonyl (C=O) groups excluding carboxylic acids is 2. The number of nitrogens with two attached hydrogens (primary N) is 1. The Kier molecular flexibility index (Phi) is 3.24. The number of nitrogens with zero attached hydrogens (tertiary/aromatic N) is 1. The molecule has 2 N–H and O–H groups in total. The normalized spacial score (nSPS) is 21.1. The van der Waals surface area contributed by atoms with Gasteiger partial charge in [-0.25, -0.2) is 0 Å². The van der Waals surface area contributed by atoms with Gasteiger partial charge in [-0.1, -0.05) is 25.0 Å². The van der Waals surface area contributed by atoms with Gasteiger partial charge in [0.25, 0.3) is 0 Å². The van der Waals surface area contributed by atoms with Crippen LogP contribution in [0.25, 0.3) is 0 Å². The minimum absolute atomic E-state index is 0.00680. The Bertz CT molecular complexity index is 530. The maximum Gasteiger partial charge on any atom is 0.235 e. The Labute approximate surface area is 118 Å². The number of likely N-dealkylation sites (tertiary alicyclic amines) is 1. The van der Waals surface area contributed by atoms with E-state index in [-0.39, 0.29) is 17.2 Å². The molecule has 1 aromatic rings. The van der Waals surface area contributed by atoms with Gasteiger partial charge in [0.2, 0.25) is 11.8 Å². The molecule has 0 bridgehead atoms. The Hall–Kier alpha value is -1.84. The zero-order valence-electron chi connectivity index (χ0n) is 11.6. The van der Waals surface area contributed by atoms with Crippen LogP contribution in [0, 0.1) is 5.41 Å². The Morgan fingerprint density at radius 1 is 1.10 bits per heavy atom. The van der Waals surface area contributed by atoms with Crippen molar-refractivity contribution in [2.75, 3.05) is 12.3 Å². The van der Waals surface area contributed by atoms with Crippen molar-refractivity contribution in [1.29, 1.82) is 0 Å². The summed E-state index contributed by atoms with van der Waals surface area (Å²) in [6, 6.07) is 7.60. The predicted molar refractivity (Wildman–Crippen MR) is 76.8 cm³/mol. The lowest BCUT2D eigenvalue weighted by molar-refractivity contribution is -0.141. The summed E-state index contributed by atoms with van der Waals surface area (Å²) >= 11 is 0. The highest BCUT2D eigenvalue weighted by atomic mass is 16.2. The molecule has 2 fully saturated rings. The third-order valence-electron chi connectivity index (χ3n) is 4.65. The van der Waals surface area contributed by atoms with Gasteiger partial charge in [0, 0.05) is 18.7 Å². The van der Waals surface area contributed by atoms with E-state index in [0.29, 0.717) is 19.4 Å². The van der Waals surface area contributed by atoms with Crippen molar-refractivity contribution in [3.63, 3.8) is 0 Å². The second kappa shape index (κ2) is 4.93. The summed E-state index contributed by atoms with van der Waals surface area (Å²) < 4.78 is 0. The fourth-order valence-corrected chi connectivity index (χ4v) is 3.45. The van der Waals surface area contributed by atoms with E-state index in [9.17, 15) is 9.59 Å². The van der Waals surface area contributed by atoms with E-state index in [4.69, 9.17) is 5.73 Å². The van der Waals surface area contributed by atoms with E-state index in [1.165, 1.54) is 4.90 Å². The molecule has 1 aliphatic carbocycles. The van der Waals surface area contributed by atoms with Gasteiger partial charge in [0.05, 0.1) is 5.41 Å². The predicted octanol–water partition coefficient (Wildman–Crippen LogP) is 2.13. The molecule has 1 heterocycles. The summed E-state index contributed by atoms with van der Waals surface area (Å²) in [7, 11) is 0. The summed E-state index contributed by atoms with van der Waals surface area (Å²) in [6.07, 6.45) is 5.04. The van der Waals surface area contributed by atoms with Gasteiger partial charge < -0.3 is 5.73 Å². The minimum atomic E-state index is -0.349. The first-order valence-corrected chi connectivity index (χ1v) is 7.30. The van der Waals surface area contributed by atoms with Crippen LogP contribution < -0.4 is 5.73 Å². The van der Waals surface area contributed by atoms with Crippen LogP contribution in [0.4, 0.5) is 5.69 Å². The molecule has 20 heavy (non-hydrogen) atoms. The highest BCUT2D eigenvalue weighted by Gasteiger charge is 2.52. The molecule has 0 unspecified atom stereocenters. The van der Waals surface area contributed by atoms with Gasteiger partial charge >= 0.3 is 0 Å². The monoisotopic (exact) mass is 272 g/mol. The van der Waals surface area contributed by atoms with Crippen molar-refractivity contribution in [2.24, 2.45) is 5.41 Å². The molecule has 1 spiro atoms. The highest BCUT2D eigenvalue weighted by molar-refractivity contribution is 6.06. The van der Waals surface area contributed by atoms with Crippen LogP contribution in [-0.2, 0) is 16.0 Å². The van der Waals surface area contributed by atoms with Crippen LogP contribution in [0.1, 0.15) is 37.7 Å². The molecule has 3 rings (SSSR count). The van der Waals surface area contributed by atoms with Gasteiger partial charge in [0.1, 0.15) is 0 Å². The van der Waals surface area contributed by atoms with Crippen LogP contribution in [-0.4, -0.2) is 23.3 Å². The number of amides is 2. The maximum absolute atomic E-state index is 12.5. The fraction of sp³-hybridized carbons (Fsp3) is 0.500. The number of anilines is 1. The second-order valence-electron chi connectivity index (χ2n) is 6.01. The van der Waals surface area contributed by atoms with E-state index in [1.807, 2.05) is 24.3 Å². The number of carbonyl (C=O) groups is 2. The summed E-state index contributed by atoms with van der Waals surface area (Å²) in [5, 5.41) is 0. The zero-order chi connectivity index (χ0) is 14.2. The second-order valence-corrected chi connectivity index (χ2v) is 6.01. The molecule has 1 aromatic carbocycles. The molecule has 0 radical (unpaired) electrons. The number of benzene rings is 1. The maximum atomic E-state index is 12.5. The summed E-state index contributed by atoms with van der Waals surface area (Å²) in [4.78, 5) is 26.1. The van der Waals surface area contributed by atoms with Crippen molar-refractivity contribution >= 4 is 17.5 Å². The average Bonchev–Trinajstić information content (AvgIpc) is 2.98. The topological polar surface area (TPSA) is 63.4 Å². The SMILES string of the molecule is Nc1ccc(CCN2C(=O)CC3(CCCC3)C2=O)cc1. The number of nitrogen functional groups attached to an aromatic ring is 1. The van der Waals surface area contributed by atoms with Crippen molar-refractivity contribution in [3.8, 4) is 0 Å². The molecule has 1 saturated heterocycles. The summed E-state index contributed by atoms with van der Waals surface area (Å²) in [5.41, 5.74) is 7.13. The van der Waals surface area contributed by atoms with Gasteiger partial charge in [-0.05, 0) is 37.0 Å². The van der Waals surface area contributed by atoms with Gasteiger partial charge in [-0.15, -0.1) is 0 Å². The van der Waals surface area contributed by atoms with Crippen molar-refractivity contribution in [2.45, 2.75) is 38.5 Å². The third-order valence-corrected chi connectivity index (χ3v) is 4.65. The Morgan fingerprint density at radius 3 is 2.40 bits per heavy atom. The first kappa shape index (κ1) is 13.2. The van der Waals surface area contributed by atoms with Crippen LogP contribution in [0.3, 0.4) is 0 Å². The molecule has 0 atom stereocenters. The molecule has 1 aliphatic heterocycles. The molecule has 2 amide bonds. The lowest BCUT2D eigenvalue weighted by Gasteiger charge is -2.20. The molecule has 2 aliphatic rings. The van der Waals surface area contributed by atoms with Crippen molar-refractivity contribution in [3.05, 3.63) is 29.8 Å². The number of imide groups is 1. The number of hydrogen-bond donors (Lipinski definition) is 1. The number of rotatable bonds is 3. The quantitative estimate of drug-likeness (QED) is 0.677. The lowest BCUT2D eigenvalue weighted by Crippen LogP contribution is -2.35. The van der Waals surface area contributed by atoms with Crippen LogP contribution in [0.15, 0.2) is 24.3 Å². The van der Waals surface area contributed by atoms with E-state index in [2.05, 4.69) is 0 Å². The van der Waals surface area contributed by atoms with Gasteiger partial charge in [0.15, 0.2) is 0 Å². The molecular weight excluding hydrogens is 252 g/mol. The Balaban J connectivity index is 1.67. The molecule has 1 saturated carbocycles. The van der Waals surface area contributed by atoms with Crippen LogP contribution in [0.5, 0.6) is 0 Å². The fourth-order valence-electron chi connectivity index (χ4n) is 3.45. The molecule has 106 valence electrons. The molecule has 4 nitrogen and oxygen atoms in total. The lowest BCUT2D eigenvalue weighted by atomic mass is 9.84. The molecule has 0 aromatic heterocycles. The molecule has 4 heteroatoms. The largest absolute Gasteiger partial charge is 0.399 e. The number of hydrogen-bond acceptors (Lipinski definition) is 3. The van der Waals surface area contributed by atoms with Gasteiger partial charge in [-0.3, -0.25) is 14.5 Å². The first-order valence-electron chi connectivity index (χ1n) is 7.30. The highest BCUT2D eigenvalue weighted by Crippen LogP contribution is 2.46. The van der Waals surface area contributed by atoms with Crippen molar-refractivity contribution in [1.82, 2.24) is 4.90 Å². The van der Waals surface area contributed by atoms with E-state index in [0.717, 1.165) is 36.9 Å². The zero-order valence-corrected chi connectivity index (χ0v) is 11.6. The van der Waals surface area contributed by atoms with E-state index < -0.39 is 0 Å². The third kappa shape index (κ3) is 2.19. The Morgan fingerprint density at radius 2 is 1.75 bits per heavy atom. The standard InChI is InChI=1S/C16H20N2O2/c17-13-5-3-12(4-6-13)7-10-18-14(19)11-16(15(18)20)8-1-2-9-16/h3-6H,1-2,7-11,17H2. The minimum Gasteiger partial charge on any atom is -0.399 e. The smallest absolute Gasteiger partial charge is 0.235 e. The van der Waals surface area contributed by atoms with Crippen LogP contribution in [0.2, 0.25) is 0 Å². The van der Waals surface area contributed by atoms with Crippen LogP contribution >= 0.6 is 0 Å². The molecular formula is C16H20N2O2. The first-order chi connectivity index (χ1) is 9.61. The van der Waals surface area contributed by atoms with E-state index >= 15 is 0 Å². The van der Waals surface area contributed by atoms with Gasteiger partial charge in [-0.2, -0.15) is 0 Å². The average molecular weight is 272 g/mol. The summed E-state index contributed by atoms with van der Waals surface area (Å²) in [6.45, 7) is 0.489.